The number of likely N-dealkylation sites (tertiary alicyclic amines) is 1. The lowest BCUT2D eigenvalue weighted by molar-refractivity contribution is -0.384. The van der Waals surface area contributed by atoms with Crippen LogP contribution < -0.4 is 5.32 Å². The number of carbonyl (C=O) groups excluding carboxylic acids is 2. The fourth-order valence-electron chi connectivity index (χ4n) is 5.73. The second kappa shape index (κ2) is 11.8. The van der Waals surface area contributed by atoms with E-state index in [1.165, 1.54) is 36.4 Å². The zero-order chi connectivity index (χ0) is 29.9. The van der Waals surface area contributed by atoms with Gasteiger partial charge in [-0.25, -0.2) is 0 Å². The number of unbranched alkanes of at least 4 members (excludes halogenated alkanes) is 2. The number of hydrogen-bond acceptors (Lipinski definition) is 6. The number of aliphatic carboxylic acids is 1. The van der Waals surface area contributed by atoms with Gasteiger partial charge < -0.3 is 5.11 Å². The van der Waals surface area contributed by atoms with Crippen molar-refractivity contribution in [1.82, 2.24) is 10.2 Å². The van der Waals surface area contributed by atoms with Crippen molar-refractivity contribution in [1.29, 1.82) is 0 Å². The van der Waals surface area contributed by atoms with Crippen LogP contribution in [-0.4, -0.2) is 44.8 Å². The van der Waals surface area contributed by atoms with Gasteiger partial charge in [0.05, 0.1) is 22.3 Å². The first-order valence-electron chi connectivity index (χ1n) is 13.3. The summed E-state index contributed by atoms with van der Waals surface area (Å²) in [5.41, 5.74) is -2.88. The molecule has 218 valence electrons. The second-order valence-corrected chi connectivity index (χ2v) is 10.4. The molecule has 2 aromatic carbocycles. The van der Waals surface area contributed by atoms with Gasteiger partial charge in [0.25, 0.3) is 5.69 Å². The van der Waals surface area contributed by atoms with E-state index in [1.807, 2.05) is 12.2 Å². The molecule has 2 aliphatic heterocycles. The summed E-state index contributed by atoms with van der Waals surface area (Å²) in [7, 11) is 0. The summed E-state index contributed by atoms with van der Waals surface area (Å²) in [6, 6.07) is 8.18. The maximum absolute atomic E-state index is 13.7. The Morgan fingerprint density at radius 3 is 2.41 bits per heavy atom. The summed E-state index contributed by atoms with van der Waals surface area (Å²) in [5, 5.41) is 24.5. The van der Waals surface area contributed by atoms with Crippen LogP contribution in [0.5, 0.6) is 0 Å². The Morgan fingerprint density at radius 1 is 1.12 bits per heavy atom. The minimum absolute atomic E-state index is 0.00976. The maximum atomic E-state index is 13.7. The highest BCUT2D eigenvalue weighted by Gasteiger charge is 2.68. The Labute approximate surface area is 234 Å². The average molecular weight is 574 g/mol. The van der Waals surface area contributed by atoms with Crippen molar-refractivity contribution in [2.24, 2.45) is 11.8 Å². The van der Waals surface area contributed by atoms with Gasteiger partial charge in [-0.05, 0) is 36.1 Å². The van der Waals surface area contributed by atoms with Gasteiger partial charge >= 0.3 is 12.1 Å². The smallest absolute Gasteiger partial charge is 0.416 e. The number of fused-ring (bicyclic) bond motifs is 1. The fraction of sp³-hybridized carbons (Fsp3) is 0.414. The van der Waals surface area contributed by atoms with E-state index in [0.29, 0.717) is 12.0 Å². The third kappa shape index (κ3) is 5.88. The number of nitro benzene ring substituents is 1. The van der Waals surface area contributed by atoms with Crippen LogP contribution in [-0.2, 0) is 27.0 Å². The van der Waals surface area contributed by atoms with E-state index in [2.05, 4.69) is 12.2 Å². The van der Waals surface area contributed by atoms with Gasteiger partial charge in [-0.15, -0.1) is 0 Å². The molecule has 0 aliphatic carbocycles. The van der Waals surface area contributed by atoms with Gasteiger partial charge in [0, 0.05) is 31.1 Å². The number of carbonyl (C=O) groups is 3. The first-order valence-corrected chi connectivity index (χ1v) is 13.3. The molecule has 9 nitrogen and oxygen atoms in total. The topological polar surface area (TPSA) is 130 Å². The fourth-order valence-corrected chi connectivity index (χ4v) is 5.73. The molecule has 2 fully saturated rings. The number of carboxylic acid groups (broad SMARTS) is 1. The van der Waals surface area contributed by atoms with Crippen molar-refractivity contribution in [3.63, 3.8) is 0 Å². The zero-order valence-electron chi connectivity index (χ0n) is 22.3. The summed E-state index contributed by atoms with van der Waals surface area (Å²) in [6.07, 6.45) is 1.95. The van der Waals surface area contributed by atoms with Gasteiger partial charge in [0.2, 0.25) is 11.8 Å². The molecule has 12 heteroatoms. The van der Waals surface area contributed by atoms with Crippen molar-refractivity contribution in [3.8, 4) is 0 Å². The molecule has 2 aliphatic rings. The molecule has 2 heterocycles. The molecule has 2 saturated heterocycles. The predicted molar refractivity (Wildman–Crippen MR) is 141 cm³/mol. The predicted octanol–water partition coefficient (Wildman–Crippen LogP) is 5.06. The quantitative estimate of drug-likeness (QED) is 0.126. The summed E-state index contributed by atoms with van der Waals surface area (Å²) >= 11 is 0. The lowest BCUT2D eigenvalue weighted by Crippen LogP contribution is -2.57. The Bertz CT molecular complexity index is 1360. The molecule has 2 N–H and O–H groups in total. The number of rotatable bonds is 11. The summed E-state index contributed by atoms with van der Waals surface area (Å²) in [6.45, 7) is 2.06. The Kier molecular flexibility index (Phi) is 8.62. The normalized spacial score (nSPS) is 24.3. The average Bonchev–Trinajstić information content (AvgIpc) is 3.40. The van der Waals surface area contributed by atoms with E-state index in [1.54, 1.807) is 0 Å². The Hall–Kier alpha value is -4.06. The Morgan fingerprint density at radius 2 is 1.80 bits per heavy atom. The summed E-state index contributed by atoms with van der Waals surface area (Å²) in [5.74, 6) is -5.49. The molecule has 0 spiro atoms. The number of hydrogen-bond donors (Lipinski definition) is 2. The Balaban J connectivity index is 1.74. The van der Waals surface area contributed by atoms with Crippen molar-refractivity contribution in [2.75, 3.05) is 6.54 Å². The monoisotopic (exact) mass is 573 g/mol. The maximum Gasteiger partial charge on any atom is 0.416 e. The zero-order valence-corrected chi connectivity index (χ0v) is 22.3. The van der Waals surface area contributed by atoms with Gasteiger partial charge in [-0.1, -0.05) is 56.2 Å². The third-order valence-electron chi connectivity index (χ3n) is 7.74. The molecule has 2 aromatic rings. The number of allylic oxidation sites excluding steroid dienone is 1. The molecule has 4 atom stereocenters. The van der Waals surface area contributed by atoms with E-state index in [9.17, 15) is 42.8 Å². The van der Waals surface area contributed by atoms with Gasteiger partial charge in [-0.2, -0.15) is 13.2 Å². The van der Waals surface area contributed by atoms with E-state index >= 15 is 0 Å². The van der Waals surface area contributed by atoms with Crippen LogP contribution in [0.3, 0.4) is 0 Å². The molecule has 2 amide bonds. The molecule has 0 radical (unpaired) electrons. The standard InChI is InChI=1S/C29H30F3N3O6/c1-2-3-4-5-6-7-15-34-25(36)22-23(26(34)37)28(27(38)39,17-18-11-13-21(14-12-18)35(40)41)33-24(22)19-9-8-10-20(16-19)29(30,31)32/h5-6,8-14,16,22-24,33H,2-4,7,15,17H2,1H3,(H,38,39). The number of nitrogens with one attached hydrogen (secondary N) is 1. The number of benzene rings is 2. The number of alkyl halides is 3. The summed E-state index contributed by atoms with van der Waals surface area (Å²) in [4.78, 5) is 51.8. The molecule has 4 unspecified atom stereocenters. The molecule has 4 rings (SSSR count). The highest BCUT2D eigenvalue weighted by molar-refractivity contribution is 6.09. The van der Waals surface area contributed by atoms with Gasteiger partial charge in [0.15, 0.2) is 0 Å². The SMILES string of the molecule is CCCCC=CCCN1C(=O)C2C(c3cccc(C(F)(F)F)c3)NC(Cc3ccc([N+](=O)[O-])cc3)(C(=O)O)C2C1=O. The van der Waals surface area contributed by atoms with Gasteiger partial charge in [0.1, 0.15) is 5.54 Å². The molecule has 0 aromatic heterocycles. The van der Waals surface area contributed by atoms with Crippen LogP contribution >= 0.6 is 0 Å². The number of halogens is 3. The van der Waals surface area contributed by atoms with Crippen molar-refractivity contribution in [2.45, 2.75) is 56.8 Å². The van der Waals surface area contributed by atoms with E-state index in [0.717, 1.165) is 36.3 Å². The second-order valence-electron chi connectivity index (χ2n) is 10.4. The van der Waals surface area contributed by atoms with Crippen molar-refractivity contribution >= 4 is 23.5 Å². The van der Waals surface area contributed by atoms with Crippen LogP contribution in [0.2, 0.25) is 0 Å². The van der Waals surface area contributed by atoms with Crippen LogP contribution in [0.4, 0.5) is 18.9 Å². The number of nitro groups is 1. The minimum atomic E-state index is -4.68. The number of amides is 2. The van der Waals surface area contributed by atoms with Crippen molar-refractivity contribution in [3.05, 3.63) is 87.5 Å². The largest absolute Gasteiger partial charge is 0.480 e. The minimum Gasteiger partial charge on any atom is -0.480 e. The molecule has 0 bridgehead atoms. The molecule has 41 heavy (non-hydrogen) atoms. The van der Waals surface area contributed by atoms with Crippen LogP contribution in [0.1, 0.15) is 55.3 Å². The first-order chi connectivity index (χ1) is 19.4. The highest BCUT2D eigenvalue weighted by atomic mass is 19.4. The molecule has 0 saturated carbocycles. The van der Waals surface area contributed by atoms with E-state index in [4.69, 9.17) is 0 Å². The molecular formula is C29H30F3N3O6. The lowest BCUT2D eigenvalue weighted by atomic mass is 9.76. The molecular weight excluding hydrogens is 543 g/mol. The van der Waals surface area contributed by atoms with Gasteiger partial charge in [-0.3, -0.25) is 34.7 Å². The third-order valence-corrected chi connectivity index (χ3v) is 7.74. The van der Waals surface area contributed by atoms with E-state index < -0.39 is 57.9 Å². The number of imide groups is 1. The van der Waals surface area contributed by atoms with Crippen LogP contribution in [0.15, 0.2) is 60.7 Å². The van der Waals surface area contributed by atoms with Crippen molar-refractivity contribution < 1.29 is 37.6 Å². The number of non-ortho nitro benzene ring substituents is 1. The van der Waals surface area contributed by atoms with Crippen LogP contribution in [0, 0.1) is 22.0 Å². The first kappa shape index (κ1) is 29.9. The number of carboxylic acids is 1. The van der Waals surface area contributed by atoms with E-state index in [-0.39, 0.29) is 24.2 Å². The lowest BCUT2D eigenvalue weighted by Gasteiger charge is -2.31. The number of nitrogens with zero attached hydrogens (tertiary/aromatic N) is 2. The summed E-state index contributed by atoms with van der Waals surface area (Å²) < 4.78 is 40.6. The highest BCUT2D eigenvalue weighted by Crippen LogP contribution is 2.50. The van der Waals surface area contributed by atoms with Crippen LogP contribution in [0.25, 0.3) is 0 Å².